The minimum Gasteiger partial charge on any atom is -0.487 e. The number of aromatic nitrogens is 1. The molecule has 0 amide bonds. The van der Waals surface area contributed by atoms with E-state index >= 15 is 0 Å². The molecule has 3 rings (SSSR count). The second-order valence-electron chi connectivity index (χ2n) is 6.19. The summed E-state index contributed by atoms with van der Waals surface area (Å²) in [5.74, 6) is 1.36. The van der Waals surface area contributed by atoms with E-state index in [1.807, 2.05) is 49.5 Å². The van der Waals surface area contributed by atoms with E-state index in [0.29, 0.717) is 25.3 Å². The van der Waals surface area contributed by atoms with Crippen molar-refractivity contribution in [2.75, 3.05) is 18.6 Å². The van der Waals surface area contributed by atoms with E-state index < -0.39 is 9.84 Å². The Kier molecular flexibility index (Phi) is 5.16. The van der Waals surface area contributed by atoms with Crippen LogP contribution >= 0.6 is 0 Å². The molecule has 1 fully saturated rings. The summed E-state index contributed by atoms with van der Waals surface area (Å²) in [5, 5.41) is 0. The second kappa shape index (κ2) is 7.32. The largest absolute Gasteiger partial charge is 0.487 e. The Morgan fingerprint density at radius 1 is 1.21 bits per heavy atom. The molecule has 0 unspecified atom stereocenters. The van der Waals surface area contributed by atoms with Gasteiger partial charge in [-0.1, -0.05) is 24.3 Å². The van der Waals surface area contributed by atoms with Crippen LogP contribution in [0.3, 0.4) is 0 Å². The lowest BCUT2D eigenvalue weighted by molar-refractivity contribution is 0.243. The zero-order valence-corrected chi connectivity index (χ0v) is 14.6. The van der Waals surface area contributed by atoms with Gasteiger partial charge in [0.2, 0.25) is 0 Å². The van der Waals surface area contributed by atoms with Crippen molar-refractivity contribution in [1.82, 2.24) is 9.88 Å². The maximum Gasteiger partial charge on any atom is 0.151 e. The van der Waals surface area contributed by atoms with Crippen LogP contribution in [0.2, 0.25) is 0 Å². The number of rotatable bonds is 6. The van der Waals surface area contributed by atoms with Crippen molar-refractivity contribution in [1.29, 1.82) is 0 Å². The first-order chi connectivity index (χ1) is 11.5. The van der Waals surface area contributed by atoms with E-state index in [1.165, 1.54) is 0 Å². The Morgan fingerprint density at radius 2 is 2.00 bits per heavy atom. The Labute approximate surface area is 143 Å². The number of ether oxygens (including phenoxy) is 1. The van der Waals surface area contributed by atoms with Gasteiger partial charge in [0.25, 0.3) is 0 Å². The Hall–Kier alpha value is -1.92. The summed E-state index contributed by atoms with van der Waals surface area (Å²) in [6.07, 6.45) is 2.45. The van der Waals surface area contributed by atoms with Crippen molar-refractivity contribution < 1.29 is 13.2 Å². The molecule has 1 aromatic carbocycles. The van der Waals surface area contributed by atoms with E-state index in [4.69, 9.17) is 4.74 Å². The van der Waals surface area contributed by atoms with E-state index in [0.717, 1.165) is 17.0 Å². The van der Waals surface area contributed by atoms with Crippen LogP contribution in [-0.2, 0) is 23.0 Å². The van der Waals surface area contributed by atoms with E-state index in [1.54, 1.807) is 6.20 Å². The number of para-hydroxylation sites is 1. The van der Waals surface area contributed by atoms with Gasteiger partial charge in [-0.05, 0) is 31.7 Å². The third-order valence-electron chi connectivity index (χ3n) is 4.33. The minimum atomic E-state index is -2.87. The molecule has 1 aliphatic heterocycles. The lowest BCUT2D eigenvalue weighted by Crippen LogP contribution is -2.32. The molecule has 1 atom stereocenters. The first-order valence-electron chi connectivity index (χ1n) is 8.05. The first-order valence-corrected chi connectivity index (χ1v) is 9.87. The smallest absolute Gasteiger partial charge is 0.151 e. The van der Waals surface area contributed by atoms with Crippen molar-refractivity contribution in [3.05, 3.63) is 59.9 Å². The van der Waals surface area contributed by atoms with Gasteiger partial charge in [0.15, 0.2) is 9.84 Å². The zero-order chi connectivity index (χ0) is 17.0. The number of benzene rings is 1. The Bertz CT molecular complexity index is 778. The highest BCUT2D eigenvalue weighted by Crippen LogP contribution is 2.24. The van der Waals surface area contributed by atoms with Crippen molar-refractivity contribution in [2.24, 2.45) is 0 Å². The number of nitrogens with zero attached hydrogens (tertiary/aromatic N) is 2. The number of sulfone groups is 1. The van der Waals surface area contributed by atoms with Crippen LogP contribution < -0.4 is 4.74 Å². The van der Waals surface area contributed by atoms with Crippen LogP contribution in [0.25, 0.3) is 0 Å². The van der Waals surface area contributed by atoms with Gasteiger partial charge in [-0.15, -0.1) is 0 Å². The highest BCUT2D eigenvalue weighted by molar-refractivity contribution is 7.91. The Balaban J connectivity index is 1.65. The third-order valence-corrected chi connectivity index (χ3v) is 6.08. The maximum absolute atomic E-state index is 11.7. The van der Waals surface area contributed by atoms with Gasteiger partial charge in [-0.25, -0.2) is 8.42 Å². The average Bonchev–Trinajstić information content (AvgIpc) is 2.95. The molecular weight excluding hydrogens is 324 g/mol. The minimum absolute atomic E-state index is 0.0823. The van der Waals surface area contributed by atoms with Crippen LogP contribution in [0, 0.1) is 0 Å². The molecule has 2 heterocycles. The molecule has 0 bridgehead atoms. The van der Waals surface area contributed by atoms with Crippen molar-refractivity contribution >= 4 is 9.84 Å². The summed E-state index contributed by atoms with van der Waals surface area (Å²) < 4.78 is 29.3. The van der Waals surface area contributed by atoms with Gasteiger partial charge < -0.3 is 4.74 Å². The molecule has 0 radical (unpaired) electrons. The van der Waals surface area contributed by atoms with Crippen LogP contribution in [-0.4, -0.2) is 42.9 Å². The molecule has 0 N–H and O–H groups in total. The summed E-state index contributed by atoms with van der Waals surface area (Å²) in [5.41, 5.74) is 1.93. The number of hydrogen-bond acceptors (Lipinski definition) is 5. The number of pyridine rings is 1. The van der Waals surface area contributed by atoms with Gasteiger partial charge >= 0.3 is 0 Å². The van der Waals surface area contributed by atoms with E-state index in [-0.39, 0.29) is 11.8 Å². The summed E-state index contributed by atoms with van der Waals surface area (Å²) in [7, 11) is -0.897. The quantitative estimate of drug-likeness (QED) is 0.803. The van der Waals surface area contributed by atoms with Gasteiger partial charge in [-0.3, -0.25) is 9.88 Å². The standard InChI is InChI=1S/C18H22N2O3S/c1-20(17-9-11-24(21,22)14-17)12-15-6-2-3-8-18(15)23-13-16-7-4-5-10-19-16/h2-8,10,17H,9,11-14H2,1H3/t17-/m0/s1. The summed E-state index contributed by atoms with van der Waals surface area (Å²) >= 11 is 0. The second-order valence-corrected chi connectivity index (χ2v) is 8.42. The molecule has 0 saturated carbocycles. The van der Waals surface area contributed by atoms with E-state index in [2.05, 4.69) is 9.88 Å². The Morgan fingerprint density at radius 3 is 2.71 bits per heavy atom. The van der Waals surface area contributed by atoms with Crippen molar-refractivity contribution in [2.45, 2.75) is 25.6 Å². The molecule has 5 nitrogen and oxygen atoms in total. The molecule has 1 aliphatic rings. The fourth-order valence-electron chi connectivity index (χ4n) is 2.93. The van der Waals surface area contributed by atoms with Crippen molar-refractivity contribution in [3.8, 4) is 5.75 Å². The molecule has 1 saturated heterocycles. The van der Waals surface area contributed by atoms with Crippen LogP contribution in [0.15, 0.2) is 48.7 Å². The van der Waals surface area contributed by atoms with Gasteiger partial charge in [0.1, 0.15) is 12.4 Å². The molecular formula is C18H22N2O3S. The molecule has 128 valence electrons. The highest BCUT2D eigenvalue weighted by Gasteiger charge is 2.30. The topological polar surface area (TPSA) is 59.5 Å². The summed E-state index contributed by atoms with van der Waals surface area (Å²) in [6.45, 7) is 1.08. The fourth-order valence-corrected chi connectivity index (χ4v) is 4.74. The highest BCUT2D eigenvalue weighted by atomic mass is 32.2. The lowest BCUT2D eigenvalue weighted by atomic mass is 10.1. The molecule has 2 aromatic rings. The predicted octanol–water partition coefficient (Wildman–Crippen LogP) is 2.28. The van der Waals surface area contributed by atoms with Crippen molar-refractivity contribution in [3.63, 3.8) is 0 Å². The summed E-state index contributed by atoms with van der Waals surface area (Å²) in [4.78, 5) is 6.37. The molecule has 1 aromatic heterocycles. The van der Waals surface area contributed by atoms with Gasteiger partial charge in [0, 0.05) is 24.3 Å². The lowest BCUT2D eigenvalue weighted by Gasteiger charge is -2.24. The van der Waals surface area contributed by atoms with Gasteiger partial charge in [-0.2, -0.15) is 0 Å². The summed E-state index contributed by atoms with van der Waals surface area (Å²) in [6, 6.07) is 13.7. The SMILES string of the molecule is CN(Cc1ccccc1OCc1ccccn1)[C@H]1CCS(=O)(=O)C1. The van der Waals surface area contributed by atoms with Crippen LogP contribution in [0.4, 0.5) is 0 Å². The fraction of sp³-hybridized carbons (Fsp3) is 0.389. The van der Waals surface area contributed by atoms with E-state index in [9.17, 15) is 8.42 Å². The van der Waals surface area contributed by atoms with Crippen LogP contribution in [0.1, 0.15) is 17.7 Å². The predicted molar refractivity (Wildman–Crippen MR) is 93.5 cm³/mol. The van der Waals surface area contributed by atoms with Crippen LogP contribution in [0.5, 0.6) is 5.75 Å². The molecule has 0 aliphatic carbocycles. The number of hydrogen-bond donors (Lipinski definition) is 0. The molecule has 6 heteroatoms. The first kappa shape index (κ1) is 16.9. The van der Waals surface area contributed by atoms with Gasteiger partial charge in [0.05, 0.1) is 17.2 Å². The molecule has 24 heavy (non-hydrogen) atoms. The third kappa shape index (κ3) is 4.33. The maximum atomic E-state index is 11.7. The monoisotopic (exact) mass is 346 g/mol. The average molecular weight is 346 g/mol. The normalized spacial score (nSPS) is 19.5. The zero-order valence-electron chi connectivity index (χ0n) is 13.8. The molecule has 0 spiro atoms.